The summed E-state index contributed by atoms with van der Waals surface area (Å²) in [5.74, 6) is 0.421. The summed E-state index contributed by atoms with van der Waals surface area (Å²) >= 11 is 0. The van der Waals surface area contributed by atoms with Gasteiger partial charge >= 0.3 is 0 Å². The molecule has 1 rings (SSSR count). The van der Waals surface area contributed by atoms with Crippen molar-refractivity contribution < 1.29 is 4.79 Å². The third-order valence-corrected chi connectivity index (χ3v) is 2.95. The second-order valence-corrected chi connectivity index (χ2v) is 4.95. The number of carbonyl (C=O) groups excluding carboxylic acids is 1. The van der Waals surface area contributed by atoms with Gasteiger partial charge in [0.25, 0.3) is 0 Å². The second kappa shape index (κ2) is 7.55. The minimum atomic E-state index is -0.225. The van der Waals surface area contributed by atoms with E-state index >= 15 is 0 Å². The topological polar surface area (TPSA) is 64.9 Å². The Morgan fingerprint density at radius 2 is 2.05 bits per heavy atom. The van der Waals surface area contributed by atoms with Gasteiger partial charge in [0.2, 0.25) is 5.91 Å². The molecule has 19 heavy (non-hydrogen) atoms. The van der Waals surface area contributed by atoms with Gasteiger partial charge in [-0.3, -0.25) is 4.79 Å². The Hall–Kier alpha value is -1.86. The molecule has 0 aliphatic carbocycles. The van der Waals surface area contributed by atoms with Crippen molar-refractivity contribution in [2.45, 2.75) is 32.9 Å². The molecule has 0 saturated heterocycles. The normalized spacial score (nSPS) is 11.9. The van der Waals surface area contributed by atoms with Crippen molar-refractivity contribution in [1.82, 2.24) is 10.6 Å². The minimum absolute atomic E-state index is 0.0110. The quantitative estimate of drug-likeness (QED) is 0.819. The Balaban J connectivity index is 2.70. The number of benzene rings is 1. The van der Waals surface area contributed by atoms with Crippen LogP contribution in [-0.4, -0.2) is 19.0 Å². The number of carbonyl (C=O) groups is 1. The lowest BCUT2D eigenvalue weighted by atomic mass is 10.0. The average Bonchev–Trinajstić information content (AvgIpc) is 2.42. The molecule has 1 atom stereocenters. The number of nitrogens with zero attached hydrogens (tertiary/aromatic N) is 1. The number of likely N-dealkylation sites (N-methyl/N-ethyl adjacent to an activating group) is 1. The highest BCUT2D eigenvalue weighted by atomic mass is 16.2. The van der Waals surface area contributed by atoms with Crippen LogP contribution in [0.5, 0.6) is 0 Å². The summed E-state index contributed by atoms with van der Waals surface area (Å²) in [6.07, 6.45) is 0.772. The van der Waals surface area contributed by atoms with Gasteiger partial charge in [0.15, 0.2) is 0 Å². The van der Waals surface area contributed by atoms with Crippen LogP contribution in [0.2, 0.25) is 0 Å². The third-order valence-electron chi connectivity index (χ3n) is 2.95. The van der Waals surface area contributed by atoms with Crippen LogP contribution < -0.4 is 10.6 Å². The molecule has 0 radical (unpaired) electrons. The molecule has 1 amide bonds. The number of nitrogens with one attached hydrogen (secondary N) is 2. The van der Waals surface area contributed by atoms with E-state index in [-0.39, 0.29) is 11.9 Å². The second-order valence-electron chi connectivity index (χ2n) is 4.95. The number of hydrogen-bond donors (Lipinski definition) is 2. The average molecular weight is 259 g/mol. The standard InChI is InChI=1S/C15H21N3O/c1-11(2)8-14(15(19)17-3)18-10-13-7-5-4-6-12(13)9-16/h4-7,11,14,18H,8,10H2,1-3H3,(H,17,19). The maximum atomic E-state index is 11.8. The summed E-state index contributed by atoms with van der Waals surface area (Å²) in [5.41, 5.74) is 1.57. The Morgan fingerprint density at radius 3 is 2.63 bits per heavy atom. The largest absolute Gasteiger partial charge is 0.358 e. The van der Waals surface area contributed by atoms with E-state index in [1.54, 1.807) is 13.1 Å². The van der Waals surface area contributed by atoms with E-state index in [4.69, 9.17) is 5.26 Å². The van der Waals surface area contributed by atoms with E-state index in [1.807, 2.05) is 18.2 Å². The molecule has 0 aromatic heterocycles. The van der Waals surface area contributed by atoms with Crippen LogP contribution in [0.15, 0.2) is 24.3 Å². The van der Waals surface area contributed by atoms with Gasteiger partial charge in [-0.2, -0.15) is 5.26 Å². The molecule has 1 aromatic carbocycles. The van der Waals surface area contributed by atoms with Crippen LogP contribution in [0.25, 0.3) is 0 Å². The zero-order chi connectivity index (χ0) is 14.3. The van der Waals surface area contributed by atoms with Crippen molar-refractivity contribution in [3.8, 4) is 6.07 Å². The van der Waals surface area contributed by atoms with Gasteiger partial charge < -0.3 is 10.6 Å². The number of rotatable bonds is 6. The maximum Gasteiger partial charge on any atom is 0.236 e. The molecule has 4 heteroatoms. The number of amides is 1. The minimum Gasteiger partial charge on any atom is -0.358 e. The molecule has 0 spiro atoms. The summed E-state index contributed by atoms with van der Waals surface area (Å²) in [5, 5.41) is 14.9. The lowest BCUT2D eigenvalue weighted by molar-refractivity contribution is -0.123. The van der Waals surface area contributed by atoms with E-state index in [1.165, 1.54) is 0 Å². The number of hydrogen-bond acceptors (Lipinski definition) is 3. The van der Waals surface area contributed by atoms with E-state index < -0.39 is 0 Å². The molecule has 2 N–H and O–H groups in total. The zero-order valence-corrected chi connectivity index (χ0v) is 11.7. The van der Waals surface area contributed by atoms with Gasteiger partial charge in [-0.1, -0.05) is 32.0 Å². The monoisotopic (exact) mass is 259 g/mol. The van der Waals surface area contributed by atoms with Gasteiger partial charge in [0, 0.05) is 13.6 Å². The summed E-state index contributed by atoms with van der Waals surface area (Å²) in [4.78, 5) is 11.8. The van der Waals surface area contributed by atoms with Gasteiger partial charge in [-0.15, -0.1) is 0 Å². The van der Waals surface area contributed by atoms with Crippen LogP contribution in [0.4, 0.5) is 0 Å². The highest BCUT2D eigenvalue weighted by Crippen LogP contribution is 2.09. The molecule has 0 bridgehead atoms. The van der Waals surface area contributed by atoms with E-state index in [2.05, 4.69) is 30.6 Å². The van der Waals surface area contributed by atoms with Gasteiger partial charge in [-0.05, 0) is 24.0 Å². The van der Waals surface area contributed by atoms with Crippen molar-refractivity contribution >= 4 is 5.91 Å². The fraction of sp³-hybridized carbons (Fsp3) is 0.467. The molecule has 1 aromatic rings. The van der Waals surface area contributed by atoms with Gasteiger partial charge in [0.1, 0.15) is 0 Å². The Morgan fingerprint density at radius 1 is 1.37 bits per heavy atom. The molecule has 0 saturated carbocycles. The van der Waals surface area contributed by atoms with Crippen molar-refractivity contribution in [3.63, 3.8) is 0 Å². The summed E-state index contributed by atoms with van der Waals surface area (Å²) in [7, 11) is 1.64. The molecule has 0 aliphatic rings. The molecule has 0 fully saturated rings. The van der Waals surface area contributed by atoms with Crippen LogP contribution in [0.3, 0.4) is 0 Å². The molecular weight excluding hydrogens is 238 g/mol. The van der Waals surface area contributed by atoms with Crippen LogP contribution in [0.1, 0.15) is 31.4 Å². The van der Waals surface area contributed by atoms with Crippen molar-refractivity contribution in [2.75, 3.05) is 7.05 Å². The predicted molar refractivity (Wildman–Crippen MR) is 75.3 cm³/mol. The van der Waals surface area contributed by atoms with Crippen LogP contribution in [-0.2, 0) is 11.3 Å². The fourth-order valence-corrected chi connectivity index (χ4v) is 1.95. The molecular formula is C15H21N3O. The highest BCUT2D eigenvalue weighted by molar-refractivity contribution is 5.81. The Labute approximate surface area is 114 Å². The lowest BCUT2D eigenvalue weighted by Crippen LogP contribution is -2.43. The van der Waals surface area contributed by atoms with E-state index in [0.717, 1.165) is 12.0 Å². The summed E-state index contributed by atoms with van der Waals surface area (Å²) < 4.78 is 0. The summed E-state index contributed by atoms with van der Waals surface area (Å²) in [6.45, 7) is 4.69. The predicted octanol–water partition coefficient (Wildman–Crippen LogP) is 1.81. The van der Waals surface area contributed by atoms with Crippen molar-refractivity contribution in [3.05, 3.63) is 35.4 Å². The molecule has 0 aliphatic heterocycles. The molecule has 0 heterocycles. The zero-order valence-electron chi connectivity index (χ0n) is 11.7. The molecule has 1 unspecified atom stereocenters. The van der Waals surface area contributed by atoms with Crippen LogP contribution in [0, 0.1) is 17.2 Å². The van der Waals surface area contributed by atoms with E-state index in [9.17, 15) is 4.79 Å². The number of nitriles is 1. The van der Waals surface area contributed by atoms with Crippen molar-refractivity contribution in [2.24, 2.45) is 5.92 Å². The first-order valence-corrected chi connectivity index (χ1v) is 6.51. The highest BCUT2D eigenvalue weighted by Gasteiger charge is 2.18. The first-order valence-electron chi connectivity index (χ1n) is 6.51. The SMILES string of the molecule is CNC(=O)C(CC(C)C)NCc1ccccc1C#N. The smallest absolute Gasteiger partial charge is 0.236 e. The van der Waals surface area contributed by atoms with Gasteiger partial charge in [0.05, 0.1) is 17.7 Å². The summed E-state index contributed by atoms with van der Waals surface area (Å²) in [6, 6.07) is 9.37. The third kappa shape index (κ3) is 4.72. The Kier molecular flexibility index (Phi) is 6.04. The first kappa shape index (κ1) is 15.2. The Bertz CT molecular complexity index is 463. The maximum absolute atomic E-state index is 11.8. The lowest BCUT2D eigenvalue weighted by Gasteiger charge is -2.19. The molecule has 4 nitrogen and oxygen atoms in total. The van der Waals surface area contributed by atoms with E-state index in [0.29, 0.717) is 18.0 Å². The van der Waals surface area contributed by atoms with Crippen molar-refractivity contribution in [1.29, 1.82) is 5.26 Å². The first-order chi connectivity index (χ1) is 9.08. The molecule has 102 valence electrons. The van der Waals surface area contributed by atoms with Crippen LogP contribution >= 0.6 is 0 Å². The van der Waals surface area contributed by atoms with Gasteiger partial charge in [-0.25, -0.2) is 0 Å². The fourth-order valence-electron chi connectivity index (χ4n) is 1.95.